The Balaban J connectivity index is 0. The molecule has 1 amide bonds. The van der Waals surface area contributed by atoms with E-state index in [0.717, 1.165) is 12.8 Å². The highest BCUT2D eigenvalue weighted by atomic mass is 35.5. The van der Waals surface area contributed by atoms with Crippen LogP contribution in [0.15, 0.2) is 0 Å². The fourth-order valence-electron chi connectivity index (χ4n) is 3.69. The Morgan fingerprint density at radius 2 is 1.19 bits per heavy atom. The summed E-state index contributed by atoms with van der Waals surface area (Å²) < 4.78 is 36.8. The minimum Gasteiger partial charge on any atom is -1.00 e. The van der Waals surface area contributed by atoms with E-state index in [4.69, 9.17) is 9.47 Å². The van der Waals surface area contributed by atoms with Crippen LogP contribution in [0.25, 0.3) is 0 Å². The molecule has 0 spiro atoms. The third-order valence-electron chi connectivity index (χ3n) is 6.25. The van der Waals surface area contributed by atoms with Crippen LogP contribution in [0.2, 0.25) is 0 Å². The predicted octanol–water partition coefficient (Wildman–Crippen LogP) is 2.53. The van der Waals surface area contributed by atoms with Crippen LogP contribution >= 0.6 is 0 Å². The molecule has 0 fully saturated rings. The summed E-state index contributed by atoms with van der Waals surface area (Å²) >= 11 is 0. The SMILES string of the molecule is CCCCCCCCCCCCCCCCCCNC(=O)OCC(CNS(=O)(=O)[N+](C)(C)C)OC.[Cl-]. The number of ether oxygens (including phenoxy) is 2. The van der Waals surface area contributed by atoms with Gasteiger partial charge in [-0.25, -0.2) is 8.68 Å². The topological polar surface area (TPSA) is 93.7 Å². The van der Waals surface area contributed by atoms with E-state index in [0.29, 0.717) is 6.54 Å². The van der Waals surface area contributed by atoms with Gasteiger partial charge in [-0.3, -0.25) is 0 Å². The molecule has 0 aliphatic rings. The smallest absolute Gasteiger partial charge is 0.407 e. The number of hydrogen-bond donors (Lipinski definition) is 2. The average molecular weight is 558 g/mol. The summed E-state index contributed by atoms with van der Waals surface area (Å²) in [6.07, 6.45) is 20.0. The molecule has 1 atom stereocenters. The number of halogens is 1. The molecule has 0 aliphatic heterocycles. The molecule has 36 heavy (non-hydrogen) atoms. The van der Waals surface area contributed by atoms with Gasteiger partial charge in [-0.15, -0.1) is 0 Å². The number of nitrogens with zero attached hydrogens (tertiary/aromatic N) is 1. The average Bonchev–Trinajstić information content (AvgIpc) is 2.80. The maximum absolute atomic E-state index is 12.1. The Kier molecular flexibility index (Phi) is 24.5. The van der Waals surface area contributed by atoms with Crippen molar-refractivity contribution in [3.8, 4) is 0 Å². The highest BCUT2D eigenvalue weighted by Crippen LogP contribution is 2.13. The van der Waals surface area contributed by atoms with Crippen molar-refractivity contribution < 1.29 is 39.0 Å². The molecule has 0 aliphatic carbocycles. The number of rotatable bonds is 24. The molecular formula is C26H56ClN3O5S. The molecule has 8 nitrogen and oxygen atoms in total. The number of quaternary nitrogens is 1. The van der Waals surface area contributed by atoms with E-state index in [9.17, 15) is 13.2 Å². The zero-order chi connectivity index (χ0) is 26.4. The van der Waals surface area contributed by atoms with E-state index >= 15 is 0 Å². The normalized spacial score (nSPS) is 12.7. The first-order chi connectivity index (χ1) is 16.6. The molecule has 1 unspecified atom stereocenters. The summed E-state index contributed by atoms with van der Waals surface area (Å²) in [6, 6.07) is 0. The zero-order valence-electron chi connectivity index (χ0n) is 23.8. The van der Waals surface area contributed by atoms with Crippen LogP contribution in [0.4, 0.5) is 4.79 Å². The van der Waals surface area contributed by atoms with Crippen molar-refractivity contribution in [3.63, 3.8) is 0 Å². The Bertz CT molecular complexity index is 615. The molecule has 0 aromatic rings. The molecule has 0 saturated heterocycles. The Hall–Kier alpha value is -0.610. The first-order valence-corrected chi connectivity index (χ1v) is 15.3. The molecule has 0 heterocycles. The Morgan fingerprint density at radius 1 is 0.778 bits per heavy atom. The number of methoxy groups -OCH3 is 1. The van der Waals surface area contributed by atoms with Gasteiger partial charge in [0, 0.05) is 20.2 Å². The molecule has 0 bridgehead atoms. The number of amides is 1. The Morgan fingerprint density at radius 3 is 1.58 bits per heavy atom. The largest absolute Gasteiger partial charge is 1.00 e. The Labute approximate surface area is 228 Å². The first-order valence-electron chi connectivity index (χ1n) is 13.9. The minimum absolute atomic E-state index is 0. The summed E-state index contributed by atoms with van der Waals surface area (Å²) in [5.41, 5.74) is 0. The lowest BCUT2D eigenvalue weighted by atomic mass is 10.0. The molecule has 2 N–H and O–H groups in total. The van der Waals surface area contributed by atoms with Gasteiger partial charge in [-0.2, -0.15) is 13.1 Å². The van der Waals surface area contributed by atoms with E-state index in [1.165, 1.54) is 97.0 Å². The van der Waals surface area contributed by atoms with E-state index in [2.05, 4.69) is 17.0 Å². The van der Waals surface area contributed by atoms with Gasteiger partial charge in [0.2, 0.25) is 0 Å². The van der Waals surface area contributed by atoms with Gasteiger partial charge >= 0.3 is 16.3 Å². The van der Waals surface area contributed by atoms with Gasteiger partial charge in [-0.1, -0.05) is 103 Å². The van der Waals surface area contributed by atoms with Gasteiger partial charge in [-0.05, 0) is 6.42 Å². The van der Waals surface area contributed by atoms with E-state index in [1.807, 2.05) is 0 Å². The van der Waals surface area contributed by atoms with Crippen LogP contribution < -0.4 is 22.4 Å². The zero-order valence-corrected chi connectivity index (χ0v) is 25.4. The number of carbonyl (C=O) groups excluding carboxylic acids is 1. The van der Waals surface area contributed by atoms with Crippen molar-refractivity contribution >= 4 is 16.3 Å². The van der Waals surface area contributed by atoms with E-state index in [-0.39, 0.29) is 29.4 Å². The molecule has 0 radical (unpaired) electrons. The molecule has 0 aromatic heterocycles. The summed E-state index contributed by atoms with van der Waals surface area (Å²) in [6.45, 7) is 2.88. The van der Waals surface area contributed by atoms with Crippen LogP contribution in [0, 0.1) is 0 Å². The quantitative estimate of drug-likeness (QED) is 0.140. The molecule has 0 aromatic carbocycles. The van der Waals surface area contributed by atoms with Gasteiger partial charge in [0.25, 0.3) is 0 Å². The van der Waals surface area contributed by atoms with Gasteiger partial charge in [0.1, 0.15) is 12.7 Å². The summed E-state index contributed by atoms with van der Waals surface area (Å²) in [5.74, 6) is 0. The lowest BCUT2D eigenvalue weighted by Gasteiger charge is -2.24. The fourth-order valence-corrected chi connectivity index (χ4v) is 4.47. The second-order valence-electron chi connectivity index (χ2n) is 10.4. The predicted molar refractivity (Wildman–Crippen MR) is 145 cm³/mol. The summed E-state index contributed by atoms with van der Waals surface area (Å²) in [4.78, 5) is 11.9. The molecule has 0 rings (SSSR count). The van der Waals surface area contributed by atoms with Gasteiger partial charge < -0.3 is 27.2 Å². The number of nitrogens with one attached hydrogen (secondary N) is 2. The third kappa shape index (κ3) is 21.5. The second-order valence-corrected chi connectivity index (χ2v) is 12.7. The first kappa shape index (κ1) is 37.5. The van der Waals surface area contributed by atoms with Gasteiger partial charge in [0.15, 0.2) is 0 Å². The van der Waals surface area contributed by atoms with Gasteiger partial charge in [0.05, 0.1) is 21.1 Å². The van der Waals surface area contributed by atoms with Crippen LogP contribution in [0.5, 0.6) is 0 Å². The van der Waals surface area contributed by atoms with Crippen LogP contribution in [0.3, 0.4) is 0 Å². The van der Waals surface area contributed by atoms with Crippen LogP contribution in [-0.2, 0) is 19.7 Å². The third-order valence-corrected chi connectivity index (χ3v) is 8.22. The molecule has 218 valence electrons. The maximum atomic E-state index is 12.1. The van der Waals surface area contributed by atoms with Crippen molar-refractivity contribution in [2.75, 3.05) is 47.9 Å². The lowest BCUT2D eigenvalue weighted by Crippen LogP contribution is -3.00. The highest BCUT2D eigenvalue weighted by Gasteiger charge is 2.28. The number of carbonyl (C=O) groups is 1. The lowest BCUT2D eigenvalue weighted by molar-refractivity contribution is -0.739. The summed E-state index contributed by atoms with van der Waals surface area (Å²) in [5, 5.41) is 2.75. The molecule has 0 saturated carbocycles. The van der Waals surface area contributed by atoms with Crippen molar-refractivity contribution in [1.29, 1.82) is 0 Å². The van der Waals surface area contributed by atoms with E-state index < -0.39 is 22.4 Å². The van der Waals surface area contributed by atoms with Crippen molar-refractivity contribution in [1.82, 2.24) is 10.0 Å². The van der Waals surface area contributed by atoms with Crippen molar-refractivity contribution in [2.45, 2.75) is 116 Å². The molecule has 10 heteroatoms. The van der Waals surface area contributed by atoms with Crippen LogP contribution in [-0.4, -0.2) is 72.5 Å². The van der Waals surface area contributed by atoms with Crippen LogP contribution in [0.1, 0.15) is 110 Å². The van der Waals surface area contributed by atoms with Crippen molar-refractivity contribution in [2.24, 2.45) is 0 Å². The number of alkyl carbamates (subject to hydrolysis) is 1. The number of hydrogen-bond acceptors (Lipinski definition) is 5. The summed E-state index contributed by atoms with van der Waals surface area (Å²) in [7, 11) is 2.62. The monoisotopic (exact) mass is 557 g/mol. The molecular weight excluding hydrogens is 502 g/mol. The standard InChI is InChI=1S/C26H55N3O5S.ClH/c1-6-7-8-9-10-11-12-13-14-15-16-17-18-19-20-21-22-27-26(30)34-24-25(33-5)23-28-35(31,32)29(2,3)4;/h25,28H,6-24H2,1-5H3;1H. The van der Waals surface area contributed by atoms with E-state index in [1.54, 1.807) is 21.1 Å². The minimum atomic E-state index is -3.53. The maximum Gasteiger partial charge on any atom is 0.407 e. The van der Waals surface area contributed by atoms with Crippen molar-refractivity contribution in [3.05, 3.63) is 0 Å². The fraction of sp³-hybridized carbons (Fsp3) is 0.962. The highest BCUT2D eigenvalue weighted by molar-refractivity contribution is 7.83. The number of unbranched alkanes of at least 4 members (excludes halogenated alkanes) is 15. The second kappa shape index (κ2) is 23.5.